The Kier molecular flexibility index (Phi) is 5.77. The highest BCUT2D eigenvalue weighted by Crippen LogP contribution is 2.46. The minimum absolute atomic E-state index is 0.427. The molecule has 9 aromatic carbocycles. The van der Waals surface area contributed by atoms with Crippen LogP contribution in [0, 0.1) is 17.9 Å². The normalized spacial score (nSPS) is 11.8. The second-order valence-electron chi connectivity index (χ2n) is 13.4. The number of rotatable bonds is 2. The molecule has 0 radical (unpaired) electrons. The number of fused-ring (bicyclic) bond motifs is 16. The van der Waals surface area contributed by atoms with Crippen molar-refractivity contribution in [3.63, 3.8) is 0 Å². The fourth-order valence-corrected chi connectivity index (χ4v) is 8.87. The third-order valence-corrected chi connectivity index (χ3v) is 10.9. The van der Waals surface area contributed by atoms with Gasteiger partial charge in [-0.15, -0.1) is 0 Å². The second-order valence-corrected chi connectivity index (χ2v) is 13.4. The molecule has 0 N–H and O–H groups in total. The predicted octanol–water partition coefficient (Wildman–Crippen LogP) is 12.9. The molecule has 238 valence electrons. The lowest BCUT2D eigenvalue weighted by atomic mass is 9.96. The molecule has 0 atom stereocenters. The van der Waals surface area contributed by atoms with Crippen molar-refractivity contribution < 1.29 is 0 Å². The molecule has 0 aliphatic carbocycles. The van der Waals surface area contributed by atoms with Crippen LogP contribution < -0.4 is 0 Å². The van der Waals surface area contributed by atoms with Gasteiger partial charge in [-0.25, -0.2) is 4.85 Å². The van der Waals surface area contributed by atoms with E-state index in [0.29, 0.717) is 11.3 Å². The molecule has 0 aliphatic heterocycles. The van der Waals surface area contributed by atoms with E-state index in [2.05, 4.69) is 172 Å². The molecule has 11 aromatic rings. The van der Waals surface area contributed by atoms with Gasteiger partial charge in [-0.1, -0.05) is 133 Å². The Bertz CT molecular complexity index is 3210. The van der Waals surface area contributed by atoms with Crippen LogP contribution >= 0.6 is 0 Å². The molecule has 2 aromatic heterocycles. The lowest BCUT2D eigenvalue weighted by Gasteiger charge is -2.18. The summed E-state index contributed by atoms with van der Waals surface area (Å²) >= 11 is 0. The van der Waals surface area contributed by atoms with E-state index < -0.39 is 0 Å². The van der Waals surface area contributed by atoms with Gasteiger partial charge in [-0.3, -0.25) is 0 Å². The number of nitriles is 1. The van der Waals surface area contributed by atoms with Gasteiger partial charge in [0.2, 0.25) is 5.69 Å². The quantitative estimate of drug-likeness (QED) is 0.135. The van der Waals surface area contributed by atoms with Crippen molar-refractivity contribution in [1.29, 1.82) is 5.26 Å². The molecule has 0 bridgehead atoms. The van der Waals surface area contributed by atoms with Crippen LogP contribution in [-0.2, 0) is 0 Å². The average molecular weight is 659 g/mol. The molecular weight excluding hydrogens is 633 g/mol. The van der Waals surface area contributed by atoms with E-state index in [0.717, 1.165) is 76.5 Å². The standard InChI is InChI=1S/C48H26N4/c1-50-40-26-29(28-49)43(51-41-24-12-10-22-38(41)45-34-18-6-2-14-30(34)32-16-4-8-20-36(32)47(45)51)27-44(40)52-42-25-13-11-23-39(42)46-35-19-7-3-15-31(35)33-17-5-9-21-37(33)48(46)52/h2-27H. The van der Waals surface area contributed by atoms with E-state index in [4.69, 9.17) is 6.57 Å². The van der Waals surface area contributed by atoms with Crippen LogP contribution in [0.1, 0.15) is 5.56 Å². The van der Waals surface area contributed by atoms with E-state index in [1.807, 2.05) is 0 Å². The summed E-state index contributed by atoms with van der Waals surface area (Å²) in [4.78, 5) is 4.10. The summed E-state index contributed by atoms with van der Waals surface area (Å²) in [6.45, 7) is 8.47. The largest absolute Gasteiger partial charge is 0.318 e. The van der Waals surface area contributed by atoms with Crippen molar-refractivity contribution in [2.24, 2.45) is 0 Å². The van der Waals surface area contributed by atoms with E-state index in [1.165, 1.54) is 21.5 Å². The second kappa shape index (κ2) is 10.6. The Labute approximate surface area is 298 Å². The lowest BCUT2D eigenvalue weighted by molar-refractivity contribution is 1.14. The van der Waals surface area contributed by atoms with Gasteiger partial charge >= 0.3 is 0 Å². The zero-order valence-corrected chi connectivity index (χ0v) is 27.8. The fourth-order valence-electron chi connectivity index (χ4n) is 8.87. The summed E-state index contributed by atoms with van der Waals surface area (Å²) < 4.78 is 4.52. The molecular formula is C48H26N4. The van der Waals surface area contributed by atoms with Gasteiger partial charge < -0.3 is 9.13 Å². The van der Waals surface area contributed by atoms with Gasteiger partial charge in [-0.2, -0.15) is 5.26 Å². The summed E-state index contributed by atoms with van der Waals surface area (Å²) in [7, 11) is 0. The minimum atomic E-state index is 0.427. The molecule has 4 nitrogen and oxygen atoms in total. The molecule has 4 heteroatoms. The molecule has 0 unspecified atom stereocenters. The SMILES string of the molecule is [C-]#[N+]c1cc(C#N)c(-n2c3ccccc3c3c4ccccc4c4ccccc4c32)cc1-n1c2ccccc2c2c3ccccc3c3ccccc3c21. The molecule has 52 heavy (non-hydrogen) atoms. The number of hydrogen-bond acceptors (Lipinski definition) is 1. The highest BCUT2D eigenvalue weighted by molar-refractivity contribution is 6.33. The van der Waals surface area contributed by atoms with E-state index in [1.54, 1.807) is 6.07 Å². The van der Waals surface area contributed by atoms with Crippen LogP contribution in [0.15, 0.2) is 158 Å². The summed E-state index contributed by atoms with van der Waals surface area (Å²) in [5.41, 5.74) is 6.48. The maximum atomic E-state index is 10.8. The molecule has 2 heterocycles. The Morgan fingerprint density at radius 3 is 1.23 bits per heavy atom. The Morgan fingerprint density at radius 2 is 0.788 bits per heavy atom. The molecule has 0 saturated carbocycles. The highest BCUT2D eigenvalue weighted by atomic mass is 15.0. The predicted molar refractivity (Wildman–Crippen MR) is 216 cm³/mol. The maximum absolute atomic E-state index is 10.8. The molecule has 0 amide bonds. The smallest absolute Gasteiger partial charge is 0.212 e. The maximum Gasteiger partial charge on any atom is 0.212 e. The molecule has 0 fully saturated rings. The summed E-state index contributed by atoms with van der Waals surface area (Å²) in [5, 5.41) is 24.6. The van der Waals surface area contributed by atoms with Crippen LogP contribution in [0.3, 0.4) is 0 Å². The Morgan fingerprint density at radius 1 is 0.423 bits per heavy atom. The monoisotopic (exact) mass is 658 g/mol. The highest BCUT2D eigenvalue weighted by Gasteiger charge is 2.24. The third-order valence-electron chi connectivity index (χ3n) is 10.9. The van der Waals surface area contributed by atoms with Gasteiger partial charge in [0, 0.05) is 32.3 Å². The van der Waals surface area contributed by atoms with Crippen LogP contribution in [0.25, 0.3) is 103 Å². The first-order chi connectivity index (χ1) is 25.8. The van der Waals surface area contributed by atoms with Crippen LogP contribution in [0.4, 0.5) is 5.69 Å². The third kappa shape index (κ3) is 3.63. The minimum Gasteiger partial charge on any atom is -0.318 e. The average Bonchev–Trinajstić information content (AvgIpc) is 3.75. The first-order valence-corrected chi connectivity index (χ1v) is 17.4. The first-order valence-electron chi connectivity index (χ1n) is 17.4. The van der Waals surface area contributed by atoms with Crippen LogP contribution in [0.5, 0.6) is 0 Å². The van der Waals surface area contributed by atoms with Crippen molar-refractivity contribution in [3.8, 4) is 17.4 Å². The zero-order valence-electron chi connectivity index (χ0n) is 27.8. The van der Waals surface area contributed by atoms with Crippen molar-refractivity contribution in [3.05, 3.63) is 175 Å². The van der Waals surface area contributed by atoms with E-state index in [-0.39, 0.29) is 0 Å². The topological polar surface area (TPSA) is 38.0 Å². The van der Waals surface area contributed by atoms with Gasteiger partial charge in [0.05, 0.1) is 51.6 Å². The van der Waals surface area contributed by atoms with Crippen molar-refractivity contribution >= 4 is 92.4 Å². The first kappa shape index (κ1) is 28.4. The van der Waals surface area contributed by atoms with Gasteiger partial charge in [0.15, 0.2) is 0 Å². The molecule has 11 rings (SSSR count). The lowest BCUT2D eigenvalue weighted by Crippen LogP contribution is -2.02. The Hall–Kier alpha value is -7.40. The summed E-state index contributed by atoms with van der Waals surface area (Å²) in [6.07, 6.45) is 0. The Balaban J connectivity index is 1.37. The van der Waals surface area contributed by atoms with Gasteiger partial charge in [0.25, 0.3) is 0 Å². The van der Waals surface area contributed by atoms with Crippen LogP contribution in [-0.4, -0.2) is 9.13 Å². The zero-order chi connectivity index (χ0) is 34.5. The van der Waals surface area contributed by atoms with Crippen molar-refractivity contribution in [2.45, 2.75) is 0 Å². The number of benzene rings is 9. The van der Waals surface area contributed by atoms with Crippen molar-refractivity contribution in [2.75, 3.05) is 0 Å². The van der Waals surface area contributed by atoms with Gasteiger partial charge in [0.1, 0.15) is 0 Å². The van der Waals surface area contributed by atoms with E-state index in [9.17, 15) is 5.26 Å². The summed E-state index contributed by atoms with van der Waals surface area (Å²) in [6, 6.07) is 57.6. The number of nitrogens with zero attached hydrogens (tertiary/aromatic N) is 4. The van der Waals surface area contributed by atoms with E-state index >= 15 is 0 Å². The summed E-state index contributed by atoms with van der Waals surface area (Å²) in [5.74, 6) is 0. The van der Waals surface area contributed by atoms with Crippen LogP contribution in [0.2, 0.25) is 0 Å². The number of para-hydroxylation sites is 2. The number of aromatic nitrogens is 2. The molecule has 0 aliphatic rings. The fraction of sp³-hybridized carbons (Fsp3) is 0. The molecule has 0 spiro atoms. The number of hydrogen-bond donors (Lipinski definition) is 0. The van der Waals surface area contributed by atoms with Crippen molar-refractivity contribution in [1.82, 2.24) is 9.13 Å². The molecule has 0 saturated heterocycles. The van der Waals surface area contributed by atoms with Gasteiger partial charge in [-0.05, 0) is 56.6 Å².